The first-order chi connectivity index (χ1) is 12.9. The second-order valence-corrected chi connectivity index (χ2v) is 8.98. The minimum absolute atomic E-state index is 0.0118. The number of halogens is 2. The third-order valence-electron chi connectivity index (χ3n) is 4.53. The summed E-state index contributed by atoms with van der Waals surface area (Å²) in [4.78, 5) is 13.9. The lowest BCUT2D eigenvalue weighted by molar-refractivity contribution is -0.133. The summed E-state index contributed by atoms with van der Waals surface area (Å²) in [6.45, 7) is -0.0188. The molecule has 1 amide bonds. The maximum Gasteiger partial charge on any atom is 0.260 e. The fraction of sp³-hybridized carbons (Fsp3) is 0.316. The van der Waals surface area contributed by atoms with E-state index in [4.69, 9.17) is 16.3 Å². The van der Waals surface area contributed by atoms with Crippen molar-refractivity contribution in [3.05, 3.63) is 64.9 Å². The summed E-state index contributed by atoms with van der Waals surface area (Å²) >= 11 is 6.17. The molecular formula is C19H19ClFNO4S. The molecule has 1 heterocycles. The molecular weight excluding hydrogens is 393 g/mol. The minimum atomic E-state index is -3.45. The molecule has 0 saturated carbocycles. The van der Waals surface area contributed by atoms with Gasteiger partial charge in [0.05, 0.1) is 11.0 Å². The number of sulfone groups is 1. The summed E-state index contributed by atoms with van der Waals surface area (Å²) in [7, 11) is -3.45. The molecule has 0 spiro atoms. The van der Waals surface area contributed by atoms with E-state index in [2.05, 4.69) is 0 Å². The molecule has 2 aromatic carbocycles. The van der Waals surface area contributed by atoms with Gasteiger partial charge in [0, 0.05) is 18.1 Å². The van der Waals surface area contributed by atoms with Crippen LogP contribution in [-0.2, 0) is 14.6 Å². The van der Waals surface area contributed by atoms with Gasteiger partial charge in [0.2, 0.25) is 0 Å². The summed E-state index contributed by atoms with van der Waals surface area (Å²) in [5, 5.41) is -0.356. The van der Waals surface area contributed by atoms with Crippen molar-refractivity contribution in [1.29, 1.82) is 0 Å². The summed E-state index contributed by atoms with van der Waals surface area (Å²) in [5.74, 6) is -1.10. The van der Waals surface area contributed by atoms with Crippen molar-refractivity contribution >= 4 is 27.3 Å². The summed E-state index contributed by atoms with van der Waals surface area (Å²) in [5.41, 5.74) is 0.552. The van der Waals surface area contributed by atoms with E-state index in [1.165, 1.54) is 23.1 Å². The standard InChI is InChI=1S/C19H19ClFNO4S/c20-15-6-2-1-5-14(15)18-9-10-22(11-12-27(18,24)25)19(23)13-26-17-8-4-3-7-16(17)21/h1-8,18H,9-13H2. The van der Waals surface area contributed by atoms with Crippen molar-refractivity contribution in [2.75, 3.05) is 25.4 Å². The summed E-state index contributed by atoms with van der Waals surface area (Å²) in [6, 6.07) is 12.6. The zero-order chi connectivity index (χ0) is 19.4. The van der Waals surface area contributed by atoms with Gasteiger partial charge in [0.15, 0.2) is 28.0 Å². The first-order valence-electron chi connectivity index (χ1n) is 8.49. The molecule has 1 atom stereocenters. The number of hydrogen-bond acceptors (Lipinski definition) is 4. The van der Waals surface area contributed by atoms with Crippen LogP contribution in [0.1, 0.15) is 17.2 Å². The molecule has 0 aromatic heterocycles. The van der Waals surface area contributed by atoms with Crippen molar-refractivity contribution in [3.8, 4) is 5.75 Å². The lowest BCUT2D eigenvalue weighted by Gasteiger charge is -2.20. The number of para-hydroxylation sites is 1. The first kappa shape index (κ1) is 19.6. The molecule has 1 aliphatic heterocycles. The van der Waals surface area contributed by atoms with E-state index in [1.807, 2.05) is 0 Å². The number of amides is 1. The van der Waals surface area contributed by atoms with Crippen molar-refractivity contribution < 1.29 is 22.3 Å². The number of hydrogen-bond donors (Lipinski definition) is 0. The Morgan fingerprint density at radius 2 is 1.85 bits per heavy atom. The Kier molecular flexibility index (Phi) is 6.01. The summed E-state index contributed by atoms with van der Waals surface area (Å²) < 4.78 is 44.2. The van der Waals surface area contributed by atoms with Crippen LogP contribution in [0.5, 0.6) is 5.75 Å². The topological polar surface area (TPSA) is 63.7 Å². The monoisotopic (exact) mass is 411 g/mol. The zero-order valence-electron chi connectivity index (χ0n) is 14.5. The smallest absolute Gasteiger partial charge is 0.260 e. The van der Waals surface area contributed by atoms with Crippen LogP contribution in [0.15, 0.2) is 48.5 Å². The molecule has 0 aliphatic carbocycles. The maximum atomic E-state index is 13.6. The Balaban J connectivity index is 1.69. The molecule has 8 heteroatoms. The lowest BCUT2D eigenvalue weighted by atomic mass is 10.1. The fourth-order valence-corrected chi connectivity index (χ4v) is 5.22. The normalized spacial score (nSPS) is 19.3. The van der Waals surface area contributed by atoms with Crippen molar-refractivity contribution in [3.63, 3.8) is 0 Å². The zero-order valence-corrected chi connectivity index (χ0v) is 16.0. The molecule has 3 rings (SSSR count). The predicted octanol–water partition coefficient (Wildman–Crippen LogP) is 3.25. The molecule has 0 N–H and O–H groups in total. The molecule has 1 aliphatic rings. The number of carbonyl (C=O) groups excluding carboxylic acids is 1. The Hall–Kier alpha value is -2.12. The van der Waals surface area contributed by atoms with Gasteiger partial charge in [-0.25, -0.2) is 12.8 Å². The van der Waals surface area contributed by atoms with Crippen LogP contribution in [0.25, 0.3) is 0 Å². The number of carbonyl (C=O) groups is 1. The van der Waals surface area contributed by atoms with E-state index in [-0.39, 0.29) is 43.5 Å². The van der Waals surface area contributed by atoms with Gasteiger partial charge in [-0.2, -0.15) is 0 Å². The lowest BCUT2D eigenvalue weighted by Crippen LogP contribution is -2.37. The molecule has 2 aromatic rings. The van der Waals surface area contributed by atoms with Gasteiger partial charge in [-0.05, 0) is 30.2 Å². The van der Waals surface area contributed by atoms with Crippen LogP contribution in [0, 0.1) is 5.82 Å². The highest BCUT2D eigenvalue weighted by atomic mass is 35.5. The number of rotatable bonds is 4. The maximum absolute atomic E-state index is 13.6. The highest BCUT2D eigenvalue weighted by Gasteiger charge is 2.33. The molecule has 0 bridgehead atoms. The van der Waals surface area contributed by atoms with E-state index in [1.54, 1.807) is 30.3 Å². The van der Waals surface area contributed by atoms with Crippen LogP contribution >= 0.6 is 11.6 Å². The molecule has 5 nitrogen and oxygen atoms in total. The molecule has 144 valence electrons. The Morgan fingerprint density at radius 3 is 2.59 bits per heavy atom. The van der Waals surface area contributed by atoms with Crippen LogP contribution in [0.4, 0.5) is 4.39 Å². The van der Waals surface area contributed by atoms with E-state index < -0.39 is 20.9 Å². The second kappa shape index (κ2) is 8.27. The molecule has 1 saturated heterocycles. The third kappa shape index (κ3) is 4.59. The van der Waals surface area contributed by atoms with Gasteiger partial charge in [-0.15, -0.1) is 0 Å². The Bertz CT molecular complexity index is 935. The van der Waals surface area contributed by atoms with Crippen molar-refractivity contribution in [1.82, 2.24) is 4.90 Å². The van der Waals surface area contributed by atoms with Gasteiger partial charge in [-0.3, -0.25) is 4.79 Å². The van der Waals surface area contributed by atoms with Gasteiger partial charge in [0.25, 0.3) is 5.91 Å². The van der Waals surface area contributed by atoms with Crippen LogP contribution in [-0.4, -0.2) is 44.7 Å². The molecule has 27 heavy (non-hydrogen) atoms. The quantitative estimate of drug-likeness (QED) is 0.774. The van der Waals surface area contributed by atoms with Gasteiger partial charge >= 0.3 is 0 Å². The van der Waals surface area contributed by atoms with Gasteiger partial charge in [0.1, 0.15) is 0 Å². The molecule has 1 fully saturated rings. The van der Waals surface area contributed by atoms with Crippen LogP contribution in [0.3, 0.4) is 0 Å². The Morgan fingerprint density at radius 1 is 1.15 bits per heavy atom. The van der Waals surface area contributed by atoms with E-state index in [0.717, 1.165) is 0 Å². The largest absolute Gasteiger partial charge is 0.481 e. The second-order valence-electron chi connectivity index (χ2n) is 6.27. The highest BCUT2D eigenvalue weighted by Crippen LogP contribution is 2.33. The van der Waals surface area contributed by atoms with Crippen LogP contribution < -0.4 is 4.74 Å². The molecule has 0 radical (unpaired) electrons. The fourth-order valence-electron chi connectivity index (χ4n) is 3.07. The van der Waals surface area contributed by atoms with E-state index in [9.17, 15) is 17.6 Å². The number of nitrogens with zero attached hydrogens (tertiary/aromatic N) is 1. The average molecular weight is 412 g/mol. The Labute approximate surface area is 162 Å². The van der Waals surface area contributed by atoms with Gasteiger partial charge < -0.3 is 9.64 Å². The third-order valence-corrected chi connectivity index (χ3v) is 6.99. The van der Waals surface area contributed by atoms with E-state index in [0.29, 0.717) is 10.6 Å². The van der Waals surface area contributed by atoms with Crippen LogP contribution in [0.2, 0.25) is 5.02 Å². The van der Waals surface area contributed by atoms with Gasteiger partial charge in [-0.1, -0.05) is 41.9 Å². The molecule has 1 unspecified atom stereocenters. The minimum Gasteiger partial charge on any atom is -0.481 e. The summed E-state index contributed by atoms with van der Waals surface area (Å²) in [6.07, 6.45) is 0.248. The predicted molar refractivity (Wildman–Crippen MR) is 101 cm³/mol. The highest BCUT2D eigenvalue weighted by molar-refractivity contribution is 7.91. The van der Waals surface area contributed by atoms with Crippen molar-refractivity contribution in [2.24, 2.45) is 0 Å². The SMILES string of the molecule is O=C(COc1ccccc1F)N1CCC(c2ccccc2Cl)S(=O)(=O)CC1. The average Bonchev–Trinajstić information content (AvgIpc) is 2.79. The first-order valence-corrected chi connectivity index (χ1v) is 10.6. The number of ether oxygens (including phenoxy) is 1. The van der Waals surface area contributed by atoms with Crippen molar-refractivity contribution in [2.45, 2.75) is 11.7 Å². The van der Waals surface area contributed by atoms with E-state index >= 15 is 0 Å². The number of benzene rings is 2.